The lowest BCUT2D eigenvalue weighted by molar-refractivity contribution is -0.241. The van der Waals surface area contributed by atoms with E-state index in [1.54, 1.807) is 0 Å². The van der Waals surface area contributed by atoms with Crippen LogP contribution < -0.4 is 5.32 Å². The van der Waals surface area contributed by atoms with E-state index in [2.05, 4.69) is 5.32 Å². The van der Waals surface area contributed by atoms with E-state index in [1.165, 1.54) is 6.92 Å². The molecule has 5 N–H and O–H groups in total. The zero-order chi connectivity index (χ0) is 20.8. The zero-order valence-corrected chi connectivity index (χ0v) is 16.2. The normalized spacial score (nSPS) is 27.7. The van der Waals surface area contributed by atoms with Gasteiger partial charge in [0.15, 0.2) is 0 Å². The minimum atomic E-state index is -1.47. The molecule has 1 amide bonds. The predicted molar refractivity (Wildman–Crippen MR) is 95.7 cm³/mol. The molecule has 0 aromatic heterocycles. The highest BCUT2D eigenvalue weighted by molar-refractivity contribution is 5.73. The van der Waals surface area contributed by atoms with Gasteiger partial charge in [-0.05, 0) is 0 Å². The average molecular weight is 411 g/mol. The number of carbonyl (C=O) groups excluding carboxylic acids is 1. The van der Waals surface area contributed by atoms with Gasteiger partial charge in [-0.1, -0.05) is 0 Å². The van der Waals surface area contributed by atoms with E-state index in [1.807, 2.05) is 0 Å². The van der Waals surface area contributed by atoms with Crippen LogP contribution in [-0.4, -0.2) is 123 Å². The Kier molecular flexibility index (Phi) is 12.7. The second-order valence-corrected chi connectivity index (χ2v) is 6.39. The lowest BCUT2D eigenvalue weighted by Gasteiger charge is -2.45. The first kappa shape index (κ1) is 25.1. The van der Waals surface area contributed by atoms with Gasteiger partial charge in [-0.25, -0.2) is 0 Å². The lowest BCUT2D eigenvalue weighted by Crippen LogP contribution is -2.67. The predicted octanol–water partition coefficient (Wildman–Crippen LogP) is -2.97. The van der Waals surface area contributed by atoms with Crippen molar-refractivity contribution >= 4 is 5.91 Å². The molecule has 0 saturated carbocycles. The molecule has 0 radical (unpaired) electrons. The third kappa shape index (κ3) is 8.64. The van der Waals surface area contributed by atoms with Gasteiger partial charge >= 0.3 is 0 Å². The number of hydrogen-bond donors (Lipinski definition) is 5. The first-order chi connectivity index (χ1) is 13.5. The van der Waals surface area contributed by atoms with Crippen LogP contribution in [0.25, 0.3) is 0 Å². The van der Waals surface area contributed by atoms with Crippen LogP contribution in [0, 0.1) is 0 Å². The van der Waals surface area contributed by atoms with Crippen LogP contribution in [0.1, 0.15) is 6.92 Å². The minimum Gasteiger partial charge on any atom is -0.394 e. The number of ether oxygens (including phenoxy) is 5. The number of nitrogens with one attached hydrogen (secondary N) is 1. The summed E-state index contributed by atoms with van der Waals surface area (Å²) in [5.41, 5.74) is -1.47. The molecular formula is C17H33NO10. The Labute approximate surface area is 164 Å². The minimum absolute atomic E-state index is 0.0163. The van der Waals surface area contributed by atoms with Crippen molar-refractivity contribution < 1.29 is 48.9 Å². The summed E-state index contributed by atoms with van der Waals surface area (Å²) in [6.07, 6.45) is -2.71. The van der Waals surface area contributed by atoms with E-state index in [-0.39, 0.29) is 45.5 Å². The van der Waals surface area contributed by atoms with Crippen molar-refractivity contribution in [2.45, 2.75) is 30.8 Å². The molecule has 28 heavy (non-hydrogen) atoms. The van der Waals surface area contributed by atoms with Gasteiger partial charge in [-0.15, -0.1) is 0 Å². The highest BCUT2D eigenvalue weighted by Crippen LogP contribution is 2.26. The van der Waals surface area contributed by atoms with Gasteiger partial charge in [-0.3, -0.25) is 4.79 Å². The van der Waals surface area contributed by atoms with E-state index in [0.29, 0.717) is 26.4 Å². The first-order valence-corrected chi connectivity index (χ1v) is 9.26. The number of amides is 1. The fraction of sp³-hybridized carbons (Fsp3) is 0.941. The highest BCUT2D eigenvalue weighted by Gasteiger charge is 2.50. The molecule has 1 heterocycles. The van der Waals surface area contributed by atoms with Crippen molar-refractivity contribution in [1.82, 2.24) is 5.32 Å². The van der Waals surface area contributed by atoms with Crippen molar-refractivity contribution in [3.05, 3.63) is 0 Å². The van der Waals surface area contributed by atoms with E-state index in [9.17, 15) is 20.1 Å². The van der Waals surface area contributed by atoms with Crippen LogP contribution in [0.2, 0.25) is 0 Å². The Morgan fingerprint density at radius 1 is 1.00 bits per heavy atom. The summed E-state index contributed by atoms with van der Waals surface area (Å²) in [6, 6.07) is -0.760. The fourth-order valence-electron chi connectivity index (χ4n) is 2.64. The molecule has 11 heteroatoms. The van der Waals surface area contributed by atoms with Crippen LogP contribution in [0.5, 0.6) is 0 Å². The second-order valence-electron chi connectivity index (χ2n) is 6.39. The summed E-state index contributed by atoms with van der Waals surface area (Å²) < 4.78 is 26.6. The summed E-state index contributed by atoms with van der Waals surface area (Å²) in [6.45, 7) is 2.87. The molecule has 0 aromatic rings. The molecule has 0 aromatic carbocycles. The Morgan fingerprint density at radius 2 is 1.54 bits per heavy atom. The maximum Gasteiger partial charge on any atom is 0.217 e. The van der Waals surface area contributed by atoms with E-state index in [0.717, 1.165) is 0 Å². The molecule has 1 saturated heterocycles. The maximum atomic E-state index is 11.1. The van der Waals surface area contributed by atoms with E-state index >= 15 is 0 Å². The van der Waals surface area contributed by atoms with Gasteiger partial charge < -0.3 is 49.4 Å². The summed E-state index contributed by atoms with van der Waals surface area (Å²) in [7, 11) is 0. The molecule has 0 spiro atoms. The SMILES string of the molecule is CC(=O)N[C@H]1CO[C@](CO)(COCCOCCOCCOCCO)[C@H](O)[C@@H]1O. The topological polar surface area (TPSA) is 156 Å². The molecule has 1 fully saturated rings. The van der Waals surface area contributed by atoms with Crippen LogP contribution in [-0.2, 0) is 28.5 Å². The van der Waals surface area contributed by atoms with Crippen LogP contribution in [0.15, 0.2) is 0 Å². The number of aliphatic hydroxyl groups is 4. The number of aliphatic hydroxyl groups excluding tert-OH is 4. The molecule has 0 bridgehead atoms. The molecule has 1 rings (SSSR count). The molecule has 1 aliphatic rings. The molecule has 1 aliphatic heterocycles. The third-order valence-electron chi connectivity index (χ3n) is 4.18. The Hall–Kier alpha value is -0.890. The first-order valence-electron chi connectivity index (χ1n) is 9.26. The van der Waals surface area contributed by atoms with Crippen LogP contribution in [0.3, 0.4) is 0 Å². The number of carbonyl (C=O) groups is 1. The van der Waals surface area contributed by atoms with Gasteiger partial charge in [0.1, 0.15) is 17.8 Å². The van der Waals surface area contributed by atoms with Crippen molar-refractivity contribution in [1.29, 1.82) is 0 Å². The summed E-state index contributed by atoms with van der Waals surface area (Å²) >= 11 is 0. The number of hydrogen-bond acceptors (Lipinski definition) is 10. The maximum absolute atomic E-state index is 11.1. The summed E-state index contributed by atoms with van der Waals surface area (Å²) in [4.78, 5) is 11.1. The summed E-state index contributed by atoms with van der Waals surface area (Å²) in [5.74, 6) is -0.355. The van der Waals surface area contributed by atoms with Crippen LogP contribution in [0.4, 0.5) is 0 Å². The second kappa shape index (κ2) is 14.1. The monoisotopic (exact) mass is 411 g/mol. The van der Waals surface area contributed by atoms with Gasteiger partial charge in [0.25, 0.3) is 0 Å². The quantitative estimate of drug-likeness (QED) is 0.176. The Bertz CT molecular complexity index is 427. The van der Waals surface area contributed by atoms with Gasteiger partial charge in [-0.2, -0.15) is 0 Å². The molecule has 0 unspecified atom stereocenters. The van der Waals surface area contributed by atoms with E-state index in [4.69, 9.17) is 28.8 Å². The van der Waals surface area contributed by atoms with Crippen molar-refractivity contribution in [2.24, 2.45) is 0 Å². The van der Waals surface area contributed by atoms with E-state index < -0.39 is 30.5 Å². The zero-order valence-electron chi connectivity index (χ0n) is 16.2. The third-order valence-corrected chi connectivity index (χ3v) is 4.18. The average Bonchev–Trinajstić information content (AvgIpc) is 2.68. The largest absolute Gasteiger partial charge is 0.394 e. The molecule has 4 atom stereocenters. The fourth-order valence-corrected chi connectivity index (χ4v) is 2.64. The molecule has 0 aliphatic carbocycles. The standard InChI is InChI=1S/C17H33NO10/c1-13(21)18-14-10-28-17(11-20,16(23)15(14)22)12-27-9-8-26-7-6-25-5-4-24-3-2-19/h14-16,19-20,22-23H,2-12H2,1H3,(H,18,21)/t14-,15+,16+,17+/m0/s1. The Morgan fingerprint density at radius 3 is 2.04 bits per heavy atom. The van der Waals surface area contributed by atoms with Gasteiger partial charge in [0.2, 0.25) is 5.91 Å². The summed E-state index contributed by atoms with van der Waals surface area (Å²) in [5, 5.41) is 41.1. The van der Waals surface area contributed by atoms with Crippen LogP contribution >= 0.6 is 0 Å². The molecule has 11 nitrogen and oxygen atoms in total. The van der Waals surface area contributed by atoms with Crippen molar-refractivity contribution in [2.75, 3.05) is 72.7 Å². The molecular weight excluding hydrogens is 378 g/mol. The van der Waals surface area contributed by atoms with Gasteiger partial charge in [0, 0.05) is 6.92 Å². The van der Waals surface area contributed by atoms with Crippen molar-refractivity contribution in [3.8, 4) is 0 Å². The Balaban J connectivity index is 2.16. The molecule has 166 valence electrons. The highest BCUT2D eigenvalue weighted by atomic mass is 16.6. The van der Waals surface area contributed by atoms with Crippen molar-refractivity contribution in [3.63, 3.8) is 0 Å². The lowest BCUT2D eigenvalue weighted by atomic mass is 9.87. The number of rotatable bonds is 15. The smallest absolute Gasteiger partial charge is 0.217 e. The van der Waals surface area contributed by atoms with Gasteiger partial charge in [0.05, 0.1) is 78.7 Å².